The molecule has 66 valence electrons. The van der Waals surface area contributed by atoms with Gasteiger partial charge in [-0.3, -0.25) is 0 Å². The third-order valence-corrected chi connectivity index (χ3v) is 2.79. The van der Waals surface area contributed by atoms with Gasteiger partial charge in [-0.05, 0) is 30.7 Å². The lowest BCUT2D eigenvalue weighted by Gasteiger charge is -2.35. The van der Waals surface area contributed by atoms with Gasteiger partial charge in [0.05, 0.1) is 0 Å². The molecule has 1 rings (SSSR count). The second-order valence-electron chi connectivity index (χ2n) is 4.11. The van der Waals surface area contributed by atoms with Gasteiger partial charge in [-0.25, -0.2) is 0 Å². The molecule has 1 saturated heterocycles. The zero-order valence-corrected chi connectivity index (χ0v) is 7.60. The highest BCUT2D eigenvalue weighted by molar-refractivity contribution is 4.80. The minimum Gasteiger partial charge on any atom is -0.381 e. The number of nitrogens with two attached hydrogens (primary N) is 1. The van der Waals surface area contributed by atoms with Crippen molar-refractivity contribution < 1.29 is 4.74 Å². The van der Waals surface area contributed by atoms with Gasteiger partial charge < -0.3 is 10.5 Å². The van der Waals surface area contributed by atoms with E-state index in [9.17, 15) is 0 Å². The van der Waals surface area contributed by atoms with E-state index in [1.807, 2.05) is 0 Å². The quantitative estimate of drug-likeness (QED) is 0.657. The van der Waals surface area contributed by atoms with Crippen LogP contribution in [-0.2, 0) is 4.74 Å². The maximum absolute atomic E-state index is 5.68. The monoisotopic (exact) mass is 157 g/mol. The first kappa shape index (κ1) is 9.01. The highest BCUT2D eigenvalue weighted by atomic mass is 16.5. The Morgan fingerprint density at radius 2 is 2.27 bits per heavy atom. The number of hydrogen-bond donors (Lipinski definition) is 1. The summed E-state index contributed by atoms with van der Waals surface area (Å²) in [5.41, 5.74) is 5.95. The standard InChI is InChI=1S/C9H19NO/c1-9(2,7-10)8-4-3-5-11-6-8/h8H,3-7,10H2,1-2H3. The van der Waals surface area contributed by atoms with Gasteiger partial charge in [-0.15, -0.1) is 0 Å². The molecule has 1 aliphatic rings. The van der Waals surface area contributed by atoms with E-state index >= 15 is 0 Å². The van der Waals surface area contributed by atoms with Crippen LogP contribution in [0.15, 0.2) is 0 Å². The summed E-state index contributed by atoms with van der Waals surface area (Å²) in [7, 11) is 0. The first-order valence-corrected chi connectivity index (χ1v) is 4.44. The van der Waals surface area contributed by atoms with E-state index in [-0.39, 0.29) is 5.41 Å². The fraction of sp³-hybridized carbons (Fsp3) is 1.00. The van der Waals surface area contributed by atoms with Crippen molar-refractivity contribution >= 4 is 0 Å². The lowest BCUT2D eigenvalue weighted by atomic mass is 9.76. The van der Waals surface area contributed by atoms with Gasteiger partial charge in [-0.1, -0.05) is 13.8 Å². The zero-order valence-electron chi connectivity index (χ0n) is 7.60. The Morgan fingerprint density at radius 3 is 2.73 bits per heavy atom. The summed E-state index contributed by atoms with van der Waals surface area (Å²) in [4.78, 5) is 0. The maximum atomic E-state index is 5.68. The van der Waals surface area contributed by atoms with E-state index < -0.39 is 0 Å². The van der Waals surface area contributed by atoms with E-state index in [2.05, 4.69) is 13.8 Å². The Balaban J connectivity index is 2.43. The van der Waals surface area contributed by atoms with Crippen molar-refractivity contribution in [2.24, 2.45) is 17.1 Å². The summed E-state index contributed by atoms with van der Waals surface area (Å²) < 4.78 is 5.41. The minimum atomic E-state index is 0.264. The number of hydrogen-bond acceptors (Lipinski definition) is 2. The molecule has 0 bridgehead atoms. The van der Waals surface area contributed by atoms with Gasteiger partial charge in [0.2, 0.25) is 0 Å². The first-order valence-electron chi connectivity index (χ1n) is 4.44. The molecule has 1 fully saturated rings. The van der Waals surface area contributed by atoms with Crippen LogP contribution in [-0.4, -0.2) is 19.8 Å². The highest BCUT2D eigenvalue weighted by Crippen LogP contribution is 2.31. The lowest BCUT2D eigenvalue weighted by Crippen LogP contribution is -2.37. The van der Waals surface area contributed by atoms with Crippen LogP contribution in [0.1, 0.15) is 26.7 Å². The van der Waals surface area contributed by atoms with Gasteiger partial charge in [0, 0.05) is 13.2 Å². The Labute approximate surface area is 69.1 Å². The molecule has 0 aliphatic carbocycles. The molecular weight excluding hydrogens is 138 g/mol. The van der Waals surface area contributed by atoms with Crippen molar-refractivity contribution in [3.63, 3.8) is 0 Å². The fourth-order valence-corrected chi connectivity index (χ4v) is 1.52. The van der Waals surface area contributed by atoms with Crippen LogP contribution in [0.2, 0.25) is 0 Å². The van der Waals surface area contributed by atoms with Gasteiger partial charge in [0.25, 0.3) is 0 Å². The van der Waals surface area contributed by atoms with Crippen molar-refractivity contribution in [2.75, 3.05) is 19.8 Å². The lowest BCUT2D eigenvalue weighted by molar-refractivity contribution is 0.00697. The molecule has 0 amide bonds. The Morgan fingerprint density at radius 1 is 1.55 bits per heavy atom. The van der Waals surface area contributed by atoms with E-state index in [0.29, 0.717) is 5.92 Å². The number of rotatable bonds is 2. The van der Waals surface area contributed by atoms with Crippen LogP contribution in [0.3, 0.4) is 0 Å². The number of ether oxygens (including phenoxy) is 1. The zero-order chi connectivity index (χ0) is 8.32. The average Bonchev–Trinajstić information content (AvgIpc) is 2.06. The maximum Gasteiger partial charge on any atom is 0.0499 e. The molecule has 0 spiro atoms. The Bertz CT molecular complexity index is 117. The van der Waals surface area contributed by atoms with Gasteiger partial charge in [-0.2, -0.15) is 0 Å². The molecule has 0 radical (unpaired) electrons. The predicted molar refractivity (Wildman–Crippen MR) is 46.4 cm³/mol. The summed E-state index contributed by atoms with van der Waals surface area (Å²) in [6.07, 6.45) is 2.48. The Hall–Kier alpha value is -0.0800. The van der Waals surface area contributed by atoms with E-state index in [1.54, 1.807) is 0 Å². The third-order valence-electron chi connectivity index (χ3n) is 2.79. The summed E-state index contributed by atoms with van der Waals surface area (Å²) >= 11 is 0. The molecule has 0 aromatic heterocycles. The molecule has 1 aliphatic heterocycles. The molecule has 1 atom stereocenters. The van der Waals surface area contributed by atoms with Crippen molar-refractivity contribution in [1.29, 1.82) is 0 Å². The van der Waals surface area contributed by atoms with Gasteiger partial charge in [0.15, 0.2) is 0 Å². The summed E-state index contributed by atoms with van der Waals surface area (Å²) in [5, 5.41) is 0. The van der Waals surface area contributed by atoms with E-state index in [4.69, 9.17) is 10.5 Å². The molecule has 0 aromatic carbocycles. The van der Waals surface area contributed by atoms with Crippen molar-refractivity contribution in [3.8, 4) is 0 Å². The van der Waals surface area contributed by atoms with Crippen LogP contribution in [0.4, 0.5) is 0 Å². The minimum absolute atomic E-state index is 0.264. The Kier molecular flexibility index (Phi) is 2.90. The molecular formula is C9H19NO. The summed E-state index contributed by atoms with van der Waals surface area (Å²) in [6, 6.07) is 0. The third kappa shape index (κ3) is 2.17. The average molecular weight is 157 g/mol. The van der Waals surface area contributed by atoms with E-state index in [1.165, 1.54) is 12.8 Å². The second-order valence-corrected chi connectivity index (χ2v) is 4.11. The van der Waals surface area contributed by atoms with Crippen LogP contribution in [0.5, 0.6) is 0 Å². The van der Waals surface area contributed by atoms with E-state index in [0.717, 1.165) is 19.8 Å². The normalized spacial score (nSPS) is 27.0. The smallest absolute Gasteiger partial charge is 0.0499 e. The van der Waals surface area contributed by atoms with Crippen molar-refractivity contribution in [2.45, 2.75) is 26.7 Å². The van der Waals surface area contributed by atoms with Gasteiger partial charge in [0.1, 0.15) is 0 Å². The second kappa shape index (κ2) is 3.55. The summed E-state index contributed by atoms with van der Waals surface area (Å²) in [5.74, 6) is 0.668. The first-order chi connectivity index (χ1) is 5.17. The van der Waals surface area contributed by atoms with Crippen molar-refractivity contribution in [3.05, 3.63) is 0 Å². The fourth-order valence-electron chi connectivity index (χ4n) is 1.52. The van der Waals surface area contributed by atoms with Gasteiger partial charge >= 0.3 is 0 Å². The predicted octanol–water partition coefficient (Wildman–Crippen LogP) is 1.40. The van der Waals surface area contributed by atoms with Crippen LogP contribution >= 0.6 is 0 Å². The van der Waals surface area contributed by atoms with Crippen molar-refractivity contribution in [1.82, 2.24) is 0 Å². The topological polar surface area (TPSA) is 35.2 Å². The molecule has 1 heterocycles. The molecule has 2 nitrogen and oxygen atoms in total. The molecule has 2 heteroatoms. The van der Waals surface area contributed by atoms with Crippen LogP contribution in [0, 0.1) is 11.3 Å². The van der Waals surface area contributed by atoms with Crippen LogP contribution in [0.25, 0.3) is 0 Å². The molecule has 2 N–H and O–H groups in total. The largest absolute Gasteiger partial charge is 0.381 e. The molecule has 0 saturated carbocycles. The van der Waals surface area contributed by atoms with Crippen LogP contribution < -0.4 is 5.73 Å². The highest BCUT2D eigenvalue weighted by Gasteiger charge is 2.29. The SMILES string of the molecule is CC(C)(CN)C1CCCOC1. The molecule has 0 aromatic rings. The summed E-state index contributed by atoms with van der Waals surface area (Å²) in [6.45, 7) is 7.07. The molecule has 1 unspecified atom stereocenters. The molecule has 11 heavy (non-hydrogen) atoms.